The standard InChI is InChI=1S/C24H28FN7O2/c1-4-31-22-14-8-19(23(28)32-11-14)34-12(2)17-9-15(25)5-6-16(17)20(26)13(10-30-3)7-18(22)21(27)24(29)33/h5-6,8-12H,4,7,26-27H2,1-3H3,(H2,28,32)(H2,29,33)/b20-13-,21-18-,30-10?,31-22?/t12-/m1/s1. The van der Waals surface area contributed by atoms with E-state index in [2.05, 4.69) is 15.0 Å². The summed E-state index contributed by atoms with van der Waals surface area (Å²) in [5, 5.41) is 0. The average molecular weight is 466 g/mol. The monoisotopic (exact) mass is 465 g/mol. The number of aromatic nitrogens is 1. The van der Waals surface area contributed by atoms with Crippen molar-refractivity contribution in [2.75, 3.05) is 19.3 Å². The van der Waals surface area contributed by atoms with Gasteiger partial charge in [0.2, 0.25) is 0 Å². The van der Waals surface area contributed by atoms with Crippen molar-refractivity contribution >= 4 is 29.3 Å². The van der Waals surface area contributed by atoms with Crippen molar-refractivity contribution in [3.05, 3.63) is 69.8 Å². The second-order valence-electron chi connectivity index (χ2n) is 7.68. The molecular formula is C24H28FN7O2. The van der Waals surface area contributed by atoms with Crippen molar-refractivity contribution in [3.8, 4) is 5.75 Å². The van der Waals surface area contributed by atoms with Gasteiger partial charge in [-0.1, -0.05) is 0 Å². The number of allylic oxidation sites excluding steroid dienone is 2. The van der Waals surface area contributed by atoms with Crippen LogP contribution in [-0.4, -0.2) is 36.4 Å². The Bertz CT molecular complexity index is 1250. The molecule has 8 N–H and O–H groups in total. The molecule has 0 spiro atoms. The summed E-state index contributed by atoms with van der Waals surface area (Å²) in [5.41, 5.74) is 27.3. The Hall–Kier alpha value is -4.21. The first kappa shape index (κ1) is 24.4. The van der Waals surface area contributed by atoms with Crippen LogP contribution in [0.2, 0.25) is 0 Å². The van der Waals surface area contributed by atoms with E-state index in [0.717, 1.165) is 0 Å². The second kappa shape index (κ2) is 10.2. The lowest BCUT2D eigenvalue weighted by atomic mass is 9.90. The van der Waals surface area contributed by atoms with Crippen molar-refractivity contribution in [1.82, 2.24) is 4.98 Å². The summed E-state index contributed by atoms with van der Waals surface area (Å²) in [6.45, 7) is 3.99. The molecule has 0 radical (unpaired) electrons. The van der Waals surface area contributed by atoms with E-state index in [1.165, 1.54) is 18.3 Å². The fourth-order valence-corrected chi connectivity index (χ4v) is 3.75. The molecular weight excluding hydrogens is 437 g/mol. The number of hydrogen-bond acceptors (Lipinski definition) is 8. The largest absolute Gasteiger partial charge is 0.482 e. The highest BCUT2D eigenvalue weighted by molar-refractivity contribution is 6.17. The summed E-state index contributed by atoms with van der Waals surface area (Å²) < 4.78 is 20.3. The number of carbonyl (C=O) groups excluding carboxylic acids is 1. The third kappa shape index (κ3) is 4.90. The highest BCUT2D eigenvalue weighted by atomic mass is 19.1. The molecule has 1 aliphatic heterocycles. The second-order valence-corrected chi connectivity index (χ2v) is 7.68. The van der Waals surface area contributed by atoms with Crippen LogP contribution in [0.4, 0.5) is 10.2 Å². The number of amides is 1. The van der Waals surface area contributed by atoms with Gasteiger partial charge in [0, 0.05) is 60.4 Å². The lowest BCUT2D eigenvalue weighted by molar-refractivity contribution is -0.114. The van der Waals surface area contributed by atoms with E-state index in [1.54, 1.807) is 32.3 Å². The maximum absolute atomic E-state index is 14.2. The van der Waals surface area contributed by atoms with Gasteiger partial charge in [-0.25, -0.2) is 9.37 Å². The molecule has 0 aliphatic carbocycles. The van der Waals surface area contributed by atoms with Crippen LogP contribution < -0.4 is 27.7 Å². The van der Waals surface area contributed by atoms with Gasteiger partial charge in [-0.3, -0.25) is 14.8 Å². The molecule has 1 amide bonds. The van der Waals surface area contributed by atoms with Gasteiger partial charge in [-0.2, -0.15) is 0 Å². The minimum absolute atomic E-state index is 0.0859. The Morgan fingerprint density at radius 1 is 1.29 bits per heavy atom. The topological polar surface area (TPSA) is 168 Å². The number of rotatable bonds is 3. The van der Waals surface area contributed by atoms with Crippen molar-refractivity contribution in [1.29, 1.82) is 0 Å². The Kier molecular flexibility index (Phi) is 7.30. The van der Waals surface area contributed by atoms with E-state index in [9.17, 15) is 9.18 Å². The smallest absolute Gasteiger partial charge is 0.264 e. The lowest BCUT2D eigenvalue weighted by Crippen LogP contribution is -2.26. The molecule has 10 heteroatoms. The number of carbonyl (C=O) groups is 1. The van der Waals surface area contributed by atoms with E-state index in [-0.39, 0.29) is 23.7 Å². The zero-order chi connectivity index (χ0) is 25.0. The molecule has 0 unspecified atom stereocenters. The molecule has 2 bridgehead atoms. The summed E-state index contributed by atoms with van der Waals surface area (Å²) >= 11 is 0. The molecule has 3 rings (SSSR count). The Morgan fingerprint density at radius 3 is 2.68 bits per heavy atom. The predicted molar refractivity (Wildman–Crippen MR) is 132 cm³/mol. The molecule has 1 aromatic heterocycles. The van der Waals surface area contributed by atoms with Crippen LogP contribution in [0, 0.1) is 5.82 Å². The van der Waals surface area contributed by atoms with Gasteiger partial charge in [0.15, 0.2) is 11.6 Å². The SMILES string of the molecule is CCN=C1/C(=C(\N)C(N)=O)C/C(C=NC)=C(/N)c2ccc(F)cc2[C@@H](C)Oc2cc1cnc2N. The maximum atomic E-state index is 14.2. The lowest BCUT2D eigenvalue weighted by Gasteiger charge is -2.23. The minimum Gasteiger partial charge on any atom is -0.482 e. The molecule has 34 heavy (non-hydrogen) atoms. The van der Waals surface area contributed by atoms with Gasteiger partial charge in [-0.15, -0.1) is 0 Å². The summed E-state index contributed by atoms with van der Waals surface area (Å²) in [6.07, 6.45) is 2.53. The van der Waals surface area contributed by atoms with Crippen molar-refractivity contribution in [3.63, 3.8) is 0 Å². The first-order chi connectivity index (χ1) is 16.2. The average Bonchev–Trinajstić information content (AvgIpc) is 2.80. The molecule has 1 aromatic carbocycles. The normalized spacial score (nSPS) is 21.4. The number of ether oxygens (including phenoxy) is 1. The van der Waals surface area contributed by atoms with Gasteiger partial charge in [-0.05, 0) is 43.7 Å². The van der Waals surface area contributed by atoms with Crippen LogP contribution in [0.3, 0.4) is 0 Å². The molecule has 2 aromatic rings. The van der Waals surface area contributed by atoms with Gasteiger partial charge in [0.25, 0.3) is 5.91 Å². The molecule has 0 saturated carbocycles. The Labute approximate surface area is 197 Å². The van der Waals surface area contributed by atoms with E-state index in [0.29, 0.717) is 45.8 Å². The number of nitrogens with zero attached hydrogens (tertiary/aromatic N) is 3. The predicted octanol–water partition coefficient (Wildman–Crippen LogP) is 2.22. The van der Waals surface area contributed by atoms with E-state index >= 15 is 0 Å². The number of aliphatic imine (C=N–C) groups is 2. The number of halogens is 1. The molecule has 2 heterocycles. The Morgan fingerprint density at radius 2 is 2.03 bits per heavy atom. The quantitative estimate of drug-likeness (QED) is 0.400. The number of nitrogen functional groups attached to an aromatic ring is 1. The van der Waals surface area contributed by atoms with Gasteiger partial charge in [0.05, 0.1) is 5.71 Å². The summed E-state index contributed by atoms with van der Waals surface area (Å²) in [5.74, 6) is -0.861. The van der Waals surface area contributed by atoms with Crippen LogP contribution in [0.1, 0.15) is 43.1 Å². The summed E-state index contributed by atoms with van der Waals surface area (Å²) in [7, 11) is 1.59. The van der Waals surface area contributed by atoms with E-state index in [4.69, 9.17) is 27.7 Å². The van der Waals surface area contributed by atoms with E-state index < -0.39 is 17.8 Å². The van der Waals surface area contributed by atoms with Crippen LogP contribution in [0.15, 0.2) is 57.3 Å². The third-order valence-electron chi connectivity index (χ3n) is 5.39. The number of pyridine rings is 1. The fraction of sp³-hybridized carbons (Fsp3) is 0.250. The number of benzene rings is 1. The number of nitrogens with two attached hydrogens (primary N) is 4. The maximum Gasteiger partial charge on any atom is 0.264 e. The number of anilines is 1. The molecule has 178 valence electrons. The number of hydrogen-bond donors (Lipinski definition) is 4. The minimum atomic E-state index is -0.812. The number of primary amides is 1. The van der Waals surface area contributed by atoms with Crippen LogP contribution in [0.5, 0.6) is 5.75 Å². The van der Waals surface area contributed by atoms with E-state index in [1.807, 2.05) is 6.92 Å². The first-order valence-electron chi connectivity index (χ1n) is 10.6. The van der Waals surface area contributed by atoms with Gasteiger partial charge in [0.1, 0.15) is 17.6 Å². The third-order valence-corrected chi connectivity index (χ3v) is 5.39. The summed E-state index contributed by atoms with van der Waals surface area (Å²) in [4.78, 5) is 25.1. The molecule has 9 nitrogen and oxygen atoms in total. The molecule has 1 atom stereocenters. The molecule has 0 fully saturated rings. The zero-order valence-corrected chi connectivity index (χ0v) is 19.3. The van der Waals surface area contributed by atoms with Crippen molar-refractivity contribution in [2.45, 2.75) is 26.4 Å². The van der Waals surface area contributed by atoms with Crippen LogP contribution in [0.25, 0.3) is 5.70 Å². The van der Waals surface area contributed by atoms with Crippen molar-refractivity contribution < 1.29 is 13.9 Å². The fourth-order valence-electron chi connectivity index (χ4n) is 3.75. The first-order valence-corrected chi connectivity index (χ1v) is 10.6. The zero-order valence-electron chi connectivity index (χ0n) is 19.3. The molecule has 1 aliphatic rings. The van der Waals surface area contributed by atoms with Crippen LogP contribution >= 0.6 is 0 Å². The highest BCUT2D eigenvalue weighted by Crippen LogP contribution is 2.34. The van der Waals surface area contributed by atoms with Gasteiger partial charge >= 0.3 is 0 Å². The van der Waals surface area contributed by atoms with Crippen LogP contribution in [-0.2, 0) is 4.79 Å². The molecule has 0 saturated heterocycles. The Balaban J connectivity index is 2.44. The van der Waals surface area contributed by atoms with Gasteiger partial charge < -0.3 is 27.7 Å². The van der Waals surface area contributed by atoms with Crippen molar-refractivity contribution in [2.24, 2.45) is 27.2 Å². The highest BCUT2D eigenvalue weighted by Gasteiger charge is 2.24. The number of fused-ring (bicyclic) bond motifs is 3. The summed E-state index contributed by atoms with van der Waals surface area (Å²) in [6, 6.07) is 5.88.